The highest BCUT2D eigenvalue weighted by Gasteiger charge is 2.21. The molecule has 1 aliphatic carbocycles. The molecule has 1 amide bonds. The standard InChI is InChI=1S/C26H25N3O2S/c1-17-6-4-9-21-24(17)27-16-29(26(21)31)15-23(30)28-25(22-10-5-13-32-22)20-12-11-18-7-2-3-8-19(18)14-20/h4-6,9-14,16,25H,2-3,7-8,15H2,1H3,(H,28,30)/t25-/m1/s1. The Bertz CT molecular complexity index is 1340. The average Bonchev–Trinajstić information content (AvgIpc) is 3.34. The summed E-state index contributed by atoms with van der Waals surface area (Å²) in [6.07, 6.45) is 6.14. The van der Waals surface area contributed by atoms with Crippen LogP contribution in [0.4, 0.5) is 0 Å². The first kappa shape index (κ1) is 20.6. The molecule has 0 saturated heterocycles. The van der Waals surface area contributed by atoms with Crippen LogP contribution in [0.5, 0.6) is 0 Å². The SMILES string of the molecule is Cc1cccc2c(=O)n(CC(=O)N[C@H](c3ccc4c(c3)CCCC4)c3cccs3)cnc12. The lowest BCUT2D eigenvalue weighted by molar-refractivity contribution is -0.122. The van der Waals surface area contributed by atoms with Crippen LogP contribution in [0.25, 0.3) is 10.9 Å². The first-order valence-corrected chi connectivity index (χ1v) is 11.9. The van der Waals surface area contributed by atoms with Crippen LogP contribution in [0.3, 0.4) is 0 Å². The number of aryl methyl sites for hydroxylation is 3. The molecule has 0 unspecified atom stereocenters. The minimum absolute atomic E-state index is 0.0669. The number of benzene rings is 2. The molecular formula is C26H25N3O2S. The molecule has 1 N–H and O–H groups in total. The summed E-state index contributed by atoms with van der Waals surface area (Å²) in [5.74, 6) is -0.211. The second-order valence-corrected chi connectivity index (χ2v) is 9.38. The second kappa shape index (κ2) is 8.71. The Morgan fingerprint density at radius 2 is 1.97 bits per heavy atom. The maximum atomic E-state index is 13.0. The van der Waals surface area contributed by atoms with Crippen LogP contribution in [0.1, 0.15) is 46.0 Å². The largest absolute Gasteiger partial charge is 0.343 e. The van der Waals surface area contributed by atoms with E-state index in [0.29, 0.717) is 10.9 Å². The van der Waals surface area contributed by atoms with Gasteiger partial charge < -0.3 is 5.32 Å². The first-order valence-electron chi connectivity index (χ1n) is 11.0. The van der Waals surface area contributed by atoms with Crippen molar-refractivity contribution in [3.8, 4) is 0 Å². The molecule has 2 aromatic carbocycles. The molecule has 1 atom stereocenters. The quantitative estimate of drug-likeness (QED) is 0.492. The highest BCUT2D eigenvalue weighted by Crippen LogP contribution is 2.30. The number of hydrogen-bond donors (Lipinski definition) is 1. The Labute approximate surface area is 190 Å². The number of nitrogens with zero attached hydrogens (tertiary/aromatic N) is 2. The maximum absolute atomic E-state index is 13.0. The van der Waals surface area contributed by atoms with Crippen molar-refractivity contribution in [1.82, 2.24) is 14.9 Å². The lowest BCUT2D eigenvalue weighted by Gasteiger charge is -2.22. The molecule has 0 radical (unpaired) electrons. The van der Waals surface area contributed by atoms with E-state index in [-0.39, 0.29) is 24.1 Å². The lowest BCUT2D eigenvalue weighted by Crippen LogP contribution is -2.35. The number of aromatic nitrogens is 2. The monoisotopic (exact) mass is 443 g/mol. The molecule has 6 heteroatoms. The molecule has 0 spiro atoms. The fourth-order valence-electron chi connectivity index (χ4n) is 4.52. The van der Waals surface area contributed by atoms with Gasteiger partial charge in [0.2, 0.25) is 5.91 Å². The van der Waals surface area contributed by atoms with Crippen molar-refractivity contribution < 1.29 is 4.79 Å². The molecule has 162 valence electrons. The van der Waals surface area contributed by atoms with Crippen LogP contribution in [0, 0.1) is 6.92 Å². The summed E-state index contributed by atoms with van der Waals surface area (Å²) < 4.78 is 1.38. The second-order valence-electron chi connectivity index (χ2n) is 8.40. The Hall–Kier alpha value is -3.25. The third-order valence-corrected chi connectivity index (χ3v) is 7.15. The molecule has 1 aliphatic rings. The van der Waals surface area contributed by atoms with Crippen molar-refractivity contribution in [2.45, 2.75) is 45.2 Å². The van der Waals surface area contributed by atoms with Gasteiger partial charge in [-0.05, 0) is 72.4 Å². The van der Waals surface area contributed by atoms with Crippen LogP contribution in [0.2, 0.25) is 0 Å². The molecule has 5 rings (SSSR count). The van der Waals surface area contributed by atoms with Crippen molar-refractivity contribution >= 4 is 28.1 Å². The topological polar surface area (TPSA) is 64.0 Å². The summed E-state index contributed by atoms with van der Waals surface area (Å²) >= 11 is 1.62. The number of para-hydroxylation sites is 1. The Morgan fingerprint density at radius 1 is 1.12 bits per heavy atom. The minimum atomic E-state index is -0.235. The van der Waals surface area contributed by atoms with Gasteiger partial charge in [0.15, 0.2) is 0 Å². The van der Waals surface area contributed by atoms with Gasteiger partial charge in [0.05, 0.1) is 23.3 Å². The van der Waals surface area contributed by atoms with Crippen LogP contribution >= 0.6 is 11.3 Å². The third kappa shape index (κ3) is 3.98. The van der Waals surface area contributed by atoms with Crippen LogP contribution in [-0.2, 0) is 24.2 Å². The van der Waals surface area contributed by atoms with Crippen molar-refractivity contribution in [3.05, 3.63) is 97.7 Å². The highest BCUT2D eigenvalue weighted by molar-refractivity contribution is 7.10. The number of nitrogens with one attached hydrogen (secondary N) is 1. The van der Waals surface area contributed by atoms with Crippen molar-refractivity contribution in [3.63, 3.8) is 0 Å². The normalized spacial score (nSPS) is 14.2. The lowest BCUT2D eigenvalue weighted by atomic mass is 9.89. The smallest absolute Gasteiger partial charge is 0.261 e. The van der Waals surface area contributed by atoms with Gasteiger partial charge in [0.25, 0.3) is 5.56 Å². The number of hydrogen-bond acceptors (Lipinski definition) is 4. The zero-order valence-corrected chi connectivity index (χ0v) is 18.8. The van der Waals surface area contributed by atoms with E-state index in [0.717, 1.165) is 28.8 Å². The van der Waals surface area contributed by atoms with E-state index in [9.17, 15) is 9.59 Å². The molecule has 4 aromatic rings. The predicted octanol–water partition coefficient (Wildman–Crippen LogP) is 4.55. The zero-order chi connectivity index (χ0) is 22.1. The molecule has 32 heavy (non-hydrogen) atoms. The molecule has 2 heterocycles. The van der Waals surface area contributed by atoms with E-state index in [2.05, 4.69) is 28.5 Å². The van der Waals surface area contributed by atoms with Gasteiger partial charge >= 0.3 is 0 Å². The molecular weight excluding hydrogens is 418 g/mol. The molecule has 2 aromatic heterocycles. The third-order valence-electron chi connectivity index (χ3n) is 6.21. The van der Waals surface area contributed by atoms with E-state index in [1.54, 1.807) is 17.4 Å². The molecule has 0 aliphatic heterocycles. The molecule has 5 nitrogen and oxygen atoms in total. The van der Waals surface area contributed by atoms with E-state index in [1.165, 1.54) is 34.9 Å². The number of rotatable bonds is 5. The van der Waals surface area contributed by atoms with Crippen molar-refractivity contribution in [1.29, 1.82) is 0 Å². The Balaban J connectivity index is 1.42. The van der Waals surface area contributed by atoms with E-state index in [1.807, 2.05) is 36.6 Å². The minimum Gasteiger partial charge on any atom is -0.343 e. The maximum Gasteiger partial charge on any atom is 0.261 e. The summed E-state index contributed by atoms with van der Waals surface area (Å²) in [7, 11) is 0. The van der Waals surface area contributed by atoms with Gasteiger partial charge in [0.1, 0.15) is 6.54 Å². The Kier molecular flexibility index (Phi) is 5.62. The highest BCUT2D eigenvalue weighted by atomic mass is 32.1. The molecule has 0 saturated carbocycles. The number of carbonyl (C=O) groups excluding carboxylic acids is 1. The van der Waals surface area contributed by atoms with Gasteiger partial charge in [-0.15, -0.1) is 11.3 Å². The summed E-state index contributed by atoms with van der Waals surface area (Å²) in [6, 6.07) is 15.9. The molecule has 0 fully saturated rings. The zero-order valence-electron chi connectivity index (χ0n) is 18.0. The number of thiophene rings is 1. The van der Waals surface area contributed by atoms with Crippen molar-refractivity contribution in [2.75, 3.05) is 0 Å². The van der Waals surface area contributed by atoms with Gasteiger partial charge in [-0.2, -0.15) is 0 Å². The summed E-state index contributed by atoms with van der Waals surface area (Å²) in [6.45, 7) is 1.86. The van der Waals surface area contributed by atoms with E-state index in [4.69, 9.17) is 0 Å². The average molecular weight is 444 g/mol. The van der Waals surface area contributed by atoms with Gasteiger partial charge in [0, 0.05) is 4.88 Å². The van der Waals surface area contributed by atoms with Crippen LogP contribution in [0.15, 0.2) is 65.0 Å². The summed E-state index contributed by atoms with van der Waals surface area (Å²) in [4.78, 5) is 31.4. The number of fused-ring (bicyclic) bond motifs is 2. The summed E-state index contributed by atoms with van der Waals surface area (Å²) in [5, 5.41) is 5.71. The summed E-state index contributed by atoms with van der Waals surface area (Å²) in [5.41, 5.74) is 5.31. The van der Waals surface area contributed by atoms with E-state index >= 15 is 0 Å². The van der Waals surface area contributed by atoms with Crippen LogP contribution < -0.4 is 10.9 Å². The molecule has 0 bridgehead atoms. The van der Waals surface area contributed by atoms with Crippen LogP contribution in [-0.4, -0.2) is 15.5 Å². The fourth-order valence-corrected chi connectivity index (χ4v) is 5.32. The van der Waals surface area contributed by atoms with Gasteiger partial charge in [-0.3, -0.25) is 14.2 Å². The first-order chi connectivity index (χ1) is 15.6. The Morgan fingerprint density at radius 3 is 2.78 bits per heavy atom. The number of carbonyl (C=O) groups is 1. The van der Waals surface area contributed by atoms with Crippen molar-refractivity contribution in [2.24, 2.45) is 0 Å². The predicted molar refractivity (Wildman–Crippen MR) is 128 cm³/mol. The number of amides is 1. The fraction of sp³-hybridized carbons (Fsp3) is 0.269. The van der Waals surface area contributed by atoms with Gasteiger partial charge in [-0.1, -0.05) is 36.4 Å². The van der Waals surface area contributed by atoms with E-state index < -0.39 is 0 Å². The van der Waals surface area contributed by atoms with Gasteiger partial charge in [-0.25, -0.2) is 4.98 Å².